The first-order chi connectivity index (χ1) is 28.1. The molecule has 0 aliphatic rings. The maximum absolute atomic E-state index is 13.8. The van der Waals surface area contributed by atoms with Crippen LogP contribution in [0.2, 0.25) is 0 Å². The highest BCUT2D eigenvalue weighted by molar-refractivity contribution is 6.39. The molecule has 2 amide bonds. The lowest BCUT2D eigenvalue weighted by molar-refractivity contribution is 0.0695. The summed E-state index contributed by atoms with van der Waals surface area (Å²) in [6, 6.07) is 9.82. The second kappa shape index (κ2) is 21.9. The first kappa shape index (κ1) is 44.4. The highest BCUT2D eigenvalue weighted by atomic mass is 16.4. The number of carbonyl (C=O) groups is 4. The second-order valence-corrected chi connectivity index (χ2v) is 16.6. The van der Waals surface area contributed by atoms with E-state index in [-0.39, 0.29) is 22.1 Å². The highest BCUT2D eigenvalue weighted by Gasteiger charge is 2.29. The summed E-state index contributed by atoms with van der Waals surface area (Å²) in [5.41, 5.74) is 14.5. The number of aryl methyl sites for hydroxylation is 1. The Bertz CT molecular complexity index is 2180. The third kappa shape index (κ3) is 10.3. The van der Waals surface area contributed by atoms with Crippen LogP contribution in [0.25, 0.3) is 43.1 Å². The van der Waals surface area contributed by atoms with E-state index >= 15 is 0 Å². The van der Waals surface area contributed by atoms with Gasteiger partial charge in [0.25, 0.3) is 0 Å². The topological polar surface area (TPSA) is 161 Å². The maximum Gasteiger partial charge on any atom is 0.336 e. The van der Waals surface area contributed by atoms with Gasteiger partial charge in [-0.2, -0.15) is 0 Å². The standard InChI is InChI=1S/C50H66N2O6/c1-3-5-7-9-11-13-15-17-19-21-23-25-33-34(26-24-22-20-18-16-14-12-10-8-6-4-2)46(48(52)54)45-38(47(51)53)30-27-36-35-28-31-39(49(55)56)43-40(50(57)58)32-29-37(41(35)43)42(33)44(36)45/h27-32H,3-26H2,1-2H3,(H2,51,53)(H2,52,54)(H,55,56)(H,57,58). The largest absolute Gasteiger partial charge is 0.478 e. The first-order valence-corrected chi connectivity index (χ1v) is 22.4. The number of rotatable bonds is 28. The van der Waals surface area contributed by atoms with Gasteiger partial charge in [-0.15, -0.1) is 0 Å². The van der Waals surface area contributed by atoms with Crippen LogP contribution < -0.4 is 11.5 Å². The van der Waals surface area contributed by atoms with Crippen LogP contribution in [-0.2, 0) is 12.8 Å². The SMILES string of the molecule is CCCCCCCCCCCCCc1c(C(N)=O)c2c(C(N)=O)ccc3c4ccc(C(=O)O)c5c(C(=O)O)ccc(c(c1CCCCCCCCCCCCC)c23)c54. The van der Waals surface area contributed by atoms with Crippen molar-refractivity contribution in [1.29, 1.82) is 0 Å². The van der Waals surface area contributed by atoms with Gasteiger partial charge >= 0.3 is 11.9 Å². The molecule has 0 aliphatic carbocycles. The van der Waals surface area contributed by atoms with Crippen molar-refractivity contribution in [3.63, 3.8) is 0 Å². The van der Waals surface area contributed by atoms with E-state index in [0.29, 0.717) is 50.7 Å². The molecular weight excluding hydrogens is 725 g/mol. The molecule has 0 aromatic heterocycles. The molecule has 0 bridgehead atoms. The van der Waals surface area contributed by atoms with Crippen LogP contribution in [0.15, 0.2) is 36.4 Å². The minimum absolute atomic E-state index is 0.0895. The van der Waals surface area contributed by atoms with E-state index in [1.807, 2.05) is 0 Å². The molecule has 0 radical (unpaired) electrons. The molecule has 8 heteroatoms. The Kier molecular flexibility index (Phi) is 16.7. The maximum atomic E-state index is 13.8. The van der Waals surface area contributed by atoms with E-state index in [2.05, 4.69) is 13.8 Å². The number of primary amides is 2. The minimum Gasteiger partial charge on any atom is -0.478 e. The van der Waals surface area contributed by atoms with Gasteiger partial charge in [-0.1, -0.05) is 160 Å². The Labute approximate surface area is 344 Å². The van der Waals surface area contributed by atoms with Crippen LogP contribution in [0.3, 0.4) is 0 Å². The van der Waals surface area contributed by atoms with E-state index in [4.69, 9.17) is 11.5 Å². The summed E-state index contributed by atoms with van der Waals surface area (Å²) in [4.78, 5) is 52.2. The number of fused-ring (bicyclic) bond motifs is 2. The van der Waals surface area contributed by atoms with Crippen molar-refractivity contribution in [2.45, 2.75) is 168 Å². The lowest BCUT2D eigenvalue weighted by Crippen LogP contribution is -2.20. The lowest BCUT2D eigenvalue weighted by atomic mass is 9.78. The fraction of sp³-hybridized carbons (Fsp3) is 0.520. The summed E-state index contributed by atoms with van der Waals surface area (Å²) in [5.74, 6) is -3.71. The Morgan fingerprint density at radius 1 is 0.397 bits per heavy atom. The molecule has 8 nitrogen and oxygen atoms in total. The van der Waals surface area contributed by atoms with Gasteiger partial charge < -0.3 is 21.7 Å². The molecule has 0 saturated heterocycles. The van der Waals surface area contributed by atoms with Crippen LogP contribution in [0.5, 0.6) is 0 Å². The van der Waals surface area contributed by atoms with Gasteiger partial charge in [-0.25, -0.2) is 9.59 Å². The lowest BCUT2D eigenvalue weighted by Gasteiger charge is -2.25. The van der Waals surface area contributed by atoms with Crippen LogP contribution >= 0.6 is 0 Å². The molecular formula is C50H66N2O6. The van der Waals surface area contributed by atoms with Crippen molar-refractivity contribution in [2.24, 2.45) is 11.5 Å². The number of nitrogens with two attached hydrogens (primary N) is 2. The third-order valence-electron chi connectivity index (χ3n) is 12.4. The summed E-state index contributed by atoms with van der Waals surface area (Å²) < 4.78 is 0. The quantitative estimate of drug-likeness (QED) is 0.0224. The predicted octanol–water partition coefficient (Wildman–Crippen LogP) is 13.0. The summed E-state index contributed by atoms with van der Waals surface area (Å²) in [5, 5.41) is 25.3. The molecule has 5 aromatic rings. The highest BCUT2D eigenvalue weighted by Crippen LogP contribution is 2.47. The molecule has 0 spiro atoms. The van der Waals surface area contributed by atoms with Crippen LogP contribution in [0, 0.1) is 0 Å². The van der Waals surface area contributed by atoms with Gasteiger partial charge in [0.15, 0.2) is 0 Å². The number of hydrogen-bond donors (Lipinski definition) is 4. The molecule has 6 N–H and O–H groups in total. The number of amides is 2. The fourth-order valence-corrected chi connectivity index (χ4v) is 9.49. The van der Waals surface area contributed by atoms with Crippen molar-refractivity contribution in [1.82, 2.24) is 0 Å². The zero-order chi connectivity index (χ0) is 41.6. The van der Waals surface area contributed by atoms with Crippen molar-refractivity contribution in [3.05, 3.63) is 69.8 Å². The number of carboxylic acid groups (broad SMARTS) is 2. The van der Waals surface area contributed by atoms with E-state index in [0.717, 1.165) is 61.5 Å². The molecule has 0 aliphatic heterocycles. The number of hydrogen-bond acceptors (Lipinski definition) is 4. The van der Waals surface area contributed by atoms with Gasteiger partial charge in [0.2, 0.25) is 11.8 Å². The fourth-order valence-electron chi connectivity index (χ4n) is 9.49. The number of aromatic carboxylic acids is 2. The third-order valence-corrected chi connectivity index (χ3v) is 12.4. The number of unbranched alkanes of at least 4 members (excludes halogenated alkanes) is 20. The Morgan fingerprint density at radius 3 is 1.19 bits per heavy atom. The average Bonchev–Trinajstić information content (AvgIpc) is 3.20. The molecule has 5 aromatic carbocycles. The van der Waals surface area contributed by atoms with E-state index in [9.17, 15) is 29.4 Å². The van der Waals surface area contributed by atoms with Crippen molar-refractivity contribution in [3.8, 4) is 0 Å². The van der Waals surface area contributed by atoms with Crippen LogP contribution in [0.1, 0.15) is 208 Å². The molecule has 0 atom stereocenters. The second-order valence-electron chi connectivity index (χ2n) is 16.6. The van der Waals surface area contributed by atoms with E-state index in [1.54, 1.807) is 24.3 Å². The van der Waals surface area contributed by atoms with E-state index < -0.39 is 23.8 Å². The zero-order valence-electron chi connectivity index (χ0n) is 35.1. The van der Waals surface area contributed by atoms with Gasteiger partial charge in [-0.3, -0.25) is 9.59 Å². The summed E-state index contributed by atoms with van der Waals surface area (Å²) in [6.07, 6.45) is 27.4. The van der Waals surface area contributed by atoms with Gasteiger partial charge in [0.05, 0.1) is 16.7 Å². The molecule has 0 unspecified atom stereocenters. The molecule has 312 valence electrons. The van der Waals surface area contributed by atoms with E-state index in [1.165, 1.54) is 108 Å². The summed E-state index contributed by atoms with van der Waals surface area (Å²) >= 11 is 0. The van der Waals surface area contributed by atoms with Crippen LogP contribution in [0.4, 0.5) is 0 Å². The molecule has 0 saturated carbocycles. The Balaban J connectivity index is 1.60. The smallest absolute Gasteiger partial charge is 0.336 e. The molecule has 0 heterocycles. The van der Waals surface area contributed by atoms with Crippen molar-refractivity contribution >= 4 is 66.8 Å². The zero-order valence-corrected chi connectivity index (χ0v) is 35.1. The van der Waals surface area contributed by atoms with Gasteiger partial charge in [-0.05, 0) is 87.3 Å². The monoisotopic (exact) mass is 790 g/mol. The van der Waals surface area contributed by atoms with Gasteiger partial charge in [0.1, 0.15) is 0 Å². The first-order valence-electron chi connectivity index (χ1n) is 22.4. The predicted molar refractivity (Wildman–Crippen MR) is 239 cm³/mol. The molecule has 0 fully saturated rings. The molecule has 58 heavy (non-hydrogen) atoms. The Morgan fingerprint density at radius 2 is 0.776 bits per heavy atom. The number of carbonyl (C=O) groups excluding carboxylic acids is 2. The number of carboxylic acids is 2. The normalized spacial score (nSPS) is 11.8. The Hall–Kier alpha value is -4.72. The van der Waals surface area contributed by atoms with Crippen molar-refractivity contribution in [2.75, 3.05) is 0 Å². The average molecular weight is 791 g/mol. The number of benzene rings is 5. The van der Waals surface area contributed by atoms with Crippen molar-refractivity contribution < 1.29 is 29.4 Å². The minimum atomic E-state index is -1.21. The summed E-state index contributed by atoms with van der Waals surface area (Å²) in [6.45, 7) is 4.48. The molecule has 5 rings (SSSR count). The summed E-state index contributed by atoms with van der Waals surface area (Å²) in [7, 11) is 0. The van der Waals surface area contributed by atoms with Gasteiger partial charge in [0, 0.05) is 16.3 Å². The van der Waals surface area contributed by atoms with Crippen LogP contribution in [-0.4, -0.2) is 34.0 Å².